The van der Waals surface area contributed by atoms with Gasteiger partial charge < -0.3 is 0 Å². The minimum Gasteiger partial charge on any atom is -0.214 e. The number of alkyl halides is 2. The van der Waals surface area contributed by atoms with Gasteiger partial charge in [0.15, 0.2) is 0 Å². The summed E-state index contributed by atoms with van der Waals surface area (Å²) >= 11 is 0. The molecule has 40 valence electrons. The Bertz CT molecular complexity index is 7.51. The molecular formula is C4H10F2. The molecule has 0 bridgehead atoms. The first-order valence-corrected chi connectivity index (χ1v) is 1.95. The Labute approximate surface area is 37.2 Å². The zero-order valence-corrected chi connectivity index (χ0v) is 4.17. The van der Waals surface area contributed by atoms with E-state index < -0.39 is 6.93 Å². The molecule has 0 atom stereocenters. The summed E-state index contributed by atoms with van der Waals surface area (Å²) < 4.78 is 19.2. The van der Waals surface area contributed by atoms with Crippen LogP contribution in [-0.4, -0.2) is 6.93 Å². The molecule has 6 heavy (non-hydrogen) atoms. The maximum atomic E-state index is 9.62. The van der Waals surface area contributed by atoms with E-state index in [1.54, 1.807) is 0 Å². The van der Waals surface area contributed by atoms with Crippen LogP contribution in [0.5, 0.6) is 0 Å². The molecule has 0 saturated carbocycles. The number of hydrogen-bond donors (Lipinski definition) is 0. The van der Waals surface area contributed by atoms with Crippen molar-refractivity contribution in [3.63, 3.8) is 0 Å². The molecule has 0 saturated heterocycles. The molecule has 2 heteroatoms. The molecule has 0 rings (SSSR count). The molecule has 0 spiro atoms. The lowest BCUT2D eigenvalue weighted by Gasteiger charge is -1.48. The van der Waals surface area contributed by atoms with E-state index in [2.05, 4.69) is 13.8 Å². The highest BCUT2D eigenvalue weighted by molar-refractivity contribution is 3.92. The molecule has 0 aliphatic heterocycles. The van der Waals surface area contributed by atoms with Crippen molar-refractivity contribution in [3.05, 3.63) is 0 Å². The fourth-order valence-corrected chi connectivity index (χ4v) is 0. The van der Waals surface area contributed by atoms with Crippen molar-refractivity contribution >= 4 is 0 Å². The predicted octanol–water partition coefficient (Wildman–Crippen LogP) is 2.30. The monoisotopic (exact) mass is 96.1 g/mol. The van der Waals surface area contributed by atoms with Gasteiger partial charge in [-0.2, -0.15) is 0 Å². The zero-order chi connectivity index (χ0) is 5.41. The van der Waals surface area contributed by atoms with Crippen LogP contribution in [0.15, 0.2) is 0 Å². The molecule has 0 heterocycles. The molecular weight excluding hydrogens is 86.0 g/mol. The van der Waals surface area contributed by atoms with Crippen LogP contribution in [0.25, 0.3) is 0 Å². The fraction of sp³-hybridized carbons (Fsp3) is 1.00. The van der Waals surface area contributed by atoms with E-state index in [9.17, 15) is 8.78 Å². The summed E-state index contributed by atoms with van der Waals surface area (Å²) in [6, 6.07) is 0. The average Bonchev–Trinajstić information content (AvgIpc) is 1.39. The summed E-state index contributed by atoms with van der Waals surface area (Å²) in [4.78, 5) is 0. The third-order valence-corrected chi connectivity index (χ3v) is 0. The van der Waals surface area contributed by atoms with Gasteiger partial charge in [0.1, 0.15) is 0 Å². The summed E-state index contributed by atoms with van der Waals surface area (Å²) in [6.45, 7) is 2.50. The highest BCUT2D eigenvalue weighted by Crippen LogP contribution is 1.56. The van der Waals surface area contributed by atoms with Crippen LogP contribution in [0.1, 0.15) is 20.3 Å². The van der Waals surface area contributed by atoms with Crippen LogP contribution in [0.4, 0.5) is 8.78 Å². The normalized spacial score (nSPS) is 6.00. The van der Waals surface area contributed by atoms with Crippen molar-refractivity contribution in [1.29, 1.82) is 0 Å². The van der Waals surface area contributed by atoms with E-state index in [0.717, 1.165) is 0 Å². The van der Waals surface area contributed by atoms with Gasteiger partial charge >= 0.3 is 0 Å². The highest BCUT2D eigenvalue weighted by Gasteiger charge is 1.44. The lowest BCUT2D eigenvalue weighted by Crippen LogP contribution is -1.34. The standard InChI is InChI=1S/C3H8.CH2F2/c1-3-2;2-1-3/h3H2,1-2H3;1H2. The maximum Gasteiger partial charge on any atom is 0.229 e. The Morgan fingerprint density at radius 2 is 1.17 bits per heavy atom. The number of rotatable bonds is 0. The lowest BCUT2D eigenvalue weighted by molar-refractivity contribution is 0.295. The van der Waals surface area contributed by atoms with E-state index in [4.69, 9.17) is 0 Å². The van der Waals surface area contributed by atoms with Crippen LogP contribution in [0, 0.1) is 0 Å². The van der Waals surface area contributed by atoms with Crippen LogP contribution in [-0.2, 0) is 0 Å². The molecule has 0 unspecified atom stereocenters. The summed E-state index contributed by atoms with van der Waals surface area (Å²) in [6.07, 6.45) is 1.25. The quantitative estimate of drug-likeness (QED) is 0.434. The van der Waals surface area contributed by atoms with E-state index in [1.807, 2.05) is 0 Å². The second-order valence-electron chi connectivity index (χ2n) is 0.808. The molecule has 0 amide bonds. The largest absolute Gasteiger partial charge is 0.229 e. The predicted molar refractivity (Wildman–Crippen MR) is 23.0 cm³/mol. The minimum atomic E-state index is -1.75. The maximum absolute atomic E-state index is 9.62. The first kappa shape index (κ1) is 9.29. The van der Waals surface area contributed by atoms with Crippen molar-refractivity contribution < 1.29 is 8.78 Å². The first-order chi connectivity index (χ1) is 2.83. The fourth-order valence-electron chi connectivity index (χ4n) is 0. The van der Waals surface area contributed by atoms with Crippen molar-refractivity contribution in [1.82, 2.24) is 0 Å². The molecule has 0 aliphatic rings. The Morgan fingerprint density at radius 3 is 1.17 bits per heavy atom. The molecule has 0 radical (unpaired) electrons. The third kappa shape index (κ3) is 1610. The van der Waals surface area contributed by atoms with Gasteiger partial charge in [-0.25, -0.2) is 8.78 Å². The molecule has 0 fully saturated rings. The zero-order valence-electron chi connectivity index (χ0n) is 4.17. The van der Waals surface area contributed by atoms with Gasteiger partial charge in [0.2, 0.25) is 6.93 Å². The molecule has 0 aromatic heterocycles. The van der Waals surface area contributed by atoms with Gasteiger partial charge in [-0.1, -0.05) is 20.3 Å². The van der Waals surface area contributed by atoms with Crippen molar-refractivity contribution in [2.24, 2.45) is 0 Å². The van der Waals surface area contributed by atoms with Crippen molar-refractivity contribution in [2.45, 2.75) is 20.3 Å². The van der Waals surface area contributed by atoms with E-state index >= 15 is 0 Å². The first-order valence-electron chi connectivity index (χ1n) is 1.95. The second kappa shape index (κ2) is 20.9. The van der Waals surface area contributed by atoms with E-state index in [0.29, 0.717) is 0 Å². The Morgan fingerprint density at radius 1 is 1.17 bits per heavy atom. The van der Waals surface area contributed by atoms with Gasteiger partial charge in [-0.15, -0.1) is 0 Å². The van der Waals surface area contributed by atoms with Crippen molar-refractivity contribution in [3.8, 4) is 0 Å². The van der Waals surface area contributed by atoms with E-state index in [1.165, 1.54) is 6.42 Å². The Kier molecular flexibility index (Phi) is 32.4. The van der Waals surface area contributed by atoms with E-state index in [-0.39, 0.29) is 0 Å². The summed E-state index contributed by atoms with van der Waals surface area (Å²) in [7, 11) is 0. The minimum absolute atomic E-state index is 1.25. The smallest absolute Gasteiger partial charge is 0.214 e. The topological polar surface area (TPSA) is 0 Å². The SMILES string of the molecule is CCC.FCF. The van der Waals surface area contributed by atoms with Crippen molar-refractivity contribution in [2.75, 3.05) is 6.93 Å². The lowest BCUT2D eigenvalue weighted by atomic mass is 10.6. The van der Waals surface area contributed by atoms with Gasteiger partial charge in [-0.3, -0.25) is 0 Å². The summed E-state index contributed by atoms with van der Waals surface area (Å²) in [5, 5.41) is 0. The van der Waals surface area contributed by atoms with Gasteiger partial charge in [-0.05, 0) is 0 Å². The Hall–Kier alpha value is -0.140. The molecule has 0 nitrogen and oxygen atoms in total. The van der Waals surface area contributed by atoms with Gasteiger partial charge in [0, 0.05) is 0 Å². The number of hydrogen-bond acceptors (Lipinski definition) is 0. The van der Waals surface area contributed by atoms with Crippen LogP contribution in [0.3, 0.4) is 0 Å². The van der Waals surface area contributed by atoms with Crippen LogP contribution >= 0.6 is 0 Å². The molecule has 0 N–H and O–H groups in total. The summed E-state index contributed by atoms with van der Waals surface area (Å²) in [5.74, 6) is 0. The molecule has 0 aromatic carbocycles. The van der Waals surface area contributed by atoms with Gasteiger partial charge in [0.25, 0.3) is 0 Å². The second-order valence-corrected chi connectivity index (χ2v) is 0.808. The van der Waals surface area contributed by atoms with Gasteiger partial charge in [0.05, 0.1) is 0 Å². The third-order valence-electron chi connectivity index (χ3n) is 0. The Balaban J connectivity index is 0. The van der Waals surface area contributed by atoms with Crippen LogP contribution < -0.4 is 0 Å². The highest BCUT2D eigenvalue weighted by atomic mass is 19.3. The summed E-state index contributed by atoms with van der Waals surface area (Å²) in [5.41, 5.74) is 0. The molecule has 0 aliphatic carbocycles. The van der Waals surface area contributed by atoms with Crippen LogP contribution in [0.2, 0.25) is 0 Å². The molecule has 0 aromatic rings. The average molecular weight is 96.1 g/mol. The number of halogens is 2.